The molecule has 2 aromatic rings. The van der Waals surface area contributed by atoms with Crippen molar-refractivity contribution in [2.45, 2.75) is 25.3 Å². The van der Waals surface area contributed by atoms with Crippen LogP contribution in [0.25, 0.3) is 0 Å². The van der Waals surface area contributed by atoms with Crippen LogP contribution in [0.3, 0.4) is 0 Å². The van der Waals surface area contributed by atoms with Gasteiger partial charge in [0.2, 0.25) is 0 Å². The summed E-state index contributed by atoms with van der Waals surface area (Å²) in [6, 6.07) is 7.41. The average molecular weight is 439 g/mol. The van der Waals surface area contributed by atoms with Gasteiger partial charge in [0.05, 0.1) is 39.8 Å². The first-order chi connectivity index (χ1) is 14.5. The molecule has 31 heavy (non-hydrogen) atoms. The molecule has 0 bridgehead atoms. The SMILES string of the molecule is O=C(c1cc([N+](=O)[O-])cc([N+](=O)[O-])c1)N1CC[C@@H](OCc2cccc(C(F)(F)F)c2)C1. The molecule has 0 N–H and O–H groups in total. The highest BCUT2D eigenvalue weighted by Gasteiger charge is 2.31. The fourth-order valence-electron chi connectivity index (χ4n) is 3.21. The average Bonchev–Trinajstić information content (AvgIpc) is 3.20. The van der Waals surface area contributed by atoms with Crippen LogP contribution in [0.2, 0.25) is 0 Å². The van der Waals surface area contributed by atoms with E-state index in [4.69, 9.17) is 4.74 Å². The van der Waals surface area contributed by atoms with E-state index in [0.717, 1.165) is 30.3 Å². The summed E-state index contributed by atoms with van der Waals surface area (Å²) in [5.41, 5.74) is -1.80. The number of nitrogens with zero attached hydrogens (tertiary/aromatic N) is 3. The molecule has 164 valence electrons. The third-order valence-corrected chi connectivity index (χ3v) is 4.74. The van der Waals surface area contributed by atoms with Crippen LogP contribution in [-0.4, -0.2) is 39.8 Å². The van der Waals surface area contributed by atoms with E-state index in [1.54, 1.807) is 0 Å². The van der Waals surface area contributed by atoms with Crippen LogP contribution in [-0.2, 0) is 17.5 Å². The molecule has 1 atom stereocenters. The summed E-state index contributed by atoms with van der Waals surface area (Å²) < 4.78 is 44.0. The lowest BCUT2D eigenvalue weighted by molar-refractivity contribution is -0.394. The Kier molecular flexibility index (Phi) is 6.20. The summed E-state index contributed by atoms with van der Waals surface area (Å²) in [5, 5.41) is 22.0. The number of alkyl halides is 3. The number of non-ortho nitro benzene ring substituents is 2. The maximum Gasteiger partial charge on any atom is 0.416 e. The van der Waals surface area contributed by atoms with Crippen LogP contribution in [0.1, 0.15) is 27.9 Å². The van der Waals surface area contributed by atoms with Gasteiger partial charge in [-0.2, -0.15) is 13.2 Å². The summed E-state index contributed by atoms with van der Waals surface area (Å²) in [4.78, 5) is 34.3. The molecule has 9 nitrogen and oxygen atoms in total. The Morgan fingerprint density at radius 2 is 1.74 bits per heavy atom. The number of ether oxygens (including phenoxy) is 1. The molecule has 0 radical (unpaired) electrons. The van der Waals surface area contributed by atoms with Crippen LogP contribution < -0.4 is 0 Å². The minimum atomic E-state index is -4.46. The number of rotatable bonds is 6. The minimum Gasteiger partial charge on any atom is -0.372 e. The van der Waals surface area contributed by atoms with Crippen LogP contribution in [0.4, 0.5) is 24.5 Å². The van der Waals surface area contributed by atoms with Crippen molar-refractivity contribution >= 4 is 17.3 Å². The zero-order valence-electron chi connectivity index (χ0n) is 15.9. The van der Waals surface area contributed by atoms with E-state index in [1.165, 1.54) is 17.0 Å². The molecular formula is C19H16F3N3O6. The standard InChI is InChI=1S/C19H16F3N3O6/c20-19(21,22)14-3-1-2-12(6-14)11-31-17-4-5-23(10-17)18(26)13-7-15(24(27)28)9-16(8-13)25(29)30/h1-3,6-9,17H,4-5,10-11H2/t17-/m1/s1. The van der Waals surface area contributed by atoms with E-state index >= 15 is 0 Å². The summed E-state index contributed by atoms with van der Waals surface area (Å²) in [6.45, 7) is 0.260. The Balaban J connectivity index is 1.65. The number of carbonyl (C=O) groups excluding carboxylic acids is 1. The second-order valence-electron chi connectivity index (χ2n) is 6.92. The molecule has 0 saturated carbocycles. The molecule has 0 spiro atoms. The molecule has 1 fully saturated rings. The van der Waals surface area contributed by atoms with Gasteiger partial charge in [-0.1, -0.05) is 12.1 Å². The number of halogens is 3. The predicted octanol–water partition coefficient (Wildman–Crippen LogP) is 3.95. The molecule has 0 unspecified atom stereocenters. The van der Waals surface area contributed by atoms with Gasteiger partial charge in [-0.15, -0.1) is 0 Å². The predicted molar refractivity (Wildman–Crippen MR) is 100 cm³/mol. The fraction of sp³-hybridized carbons (Fsp3) is 0.316. The van der Waals surface area contributed by atoms with E-state index in [2.05, 4.69) is 0 Å². The van der Waals surface area contributed by atoms with E-state index < -0.39 is 45.0 Å². The topological polar surface area (TPSA) is 116 Å². The molecule has 1 aliphatic rings. The normalized spacial score (nSPS) is 16.4. The van der Waals surface area contributed by atoms with Crippen LogP contribution in [0.5, 0.6) is 0 Å². The van der Waals surface area contributed by atoms with Crippen molar-refractivity contribution < 1.29 is 32.5 Å². The fourth-order valence-corrected chi connectivity index (χ4v) is 3.21. The first-order valence-electron chi connectivity index (χ1n) is 9.05. The monoisotopic (exact) mass is 439 g/mol. The number of likely N-dealkylation sites (tertiary alicyclic amines) is 1. The van der Waals surface area contributed by atoms with Crippen molar-refractivity contribution in [2.75, 3.05) is 13.1 Å². The number of amides is 1. The van der Waals surface area contributed by atoms with Crippen molar-refractivity contribution in [2.24, 2.45) is 0 Å². The van der Waals surface area contributed by atoms with E-state index in [1.807, 2.05) is 0 Å². The van der Waals surface area contributed by atoms with Gasteiger partial charge >= 0.3 is 6.18 Å². The lowest BCUT2D eigenvalue weighted by atomic mass is 10.1. The van der Waals surface area contributed by atoms with Crippen molar-refractivity contribution in [3.05, 3.63) is 79.4 Å². The van der Waals surface area contributed by atoms with Crippen molar-refractivity contribution in [3.63, 3.8) is 0 Å². The molecule has 1 aliphatic heterocycles. The van der Waals surface area contributed by atoms with Crippen molar-refractivity contribution in [1.82, 2.24) is 4.90 Å². The van der Waals surface area contributed by atoms with Crippen LogP contribution >= 0.6 is 0 Å². The maximum absolute atomic E-state index is 12.8. The van der Waals surface area contributed by atoms with Gasteiger partial charge in [-0.05, 0) is 24.1 Å². The zero-order chi connectivity index (χ0) is 22.8. The van der Waals surface area contributed by atoms with Gasteiger partial charge in [0.15, 0.2) is 0 Å². The zero-order valence-corrected chi connectivity index (χ0v) is 15.9. The van der Waals surface area contributed by atoms with Gasteiger partial charge in [-0.25, -0.2) is 0 Å². The van der Waals surface area contributed by atoms with E-state index in [-0.39, 0.29) is 25.3 Å². The smallest absolute Gasteiger partial charge is 0.372 e. The molecule has 1 heterocycles. The van der Waals surface area contributed by atoms with Gasteiger partial charge < -0.3 is 9.64 Å². The van der Waals surface area contributed by atoms with Crippen molar-refractivity contribution in [3.8, 4) is 0 Å². The lowest BCUT2D eigenvalue weighted by Crippen LogP contribution is -2.30. The second-order valence-corrected chi connectivity index (χ2v) is 6.92. The van der Waals surface area contributed by atoms with Gasteiger partial charge in [0.25, 0.3) is 17.3 Å². The molecular weight excluding hydrogens is 423 g/mol. The third kappa shape index (κ3) is 5.34. The molecule has 3 rings (SSSR count). The third-order valence-electron chi connectivity index (χ3n) is 4.74. The van der Waals surface area contributed by atoms with Crippen molar-refractivity contribution in [1.29, 1.82) is 0 Å². The molecule has 1 saturated heterocycles. The minimum absolute atomic E-state index is 0.0844. The lowest BCUT2D eigenvalue weighted by Gasteiger charge is -2.17. The number of carbonyl (C=O) groups is 1. The molecule has 0 aliphatic carbocycles. The van der Waals surface area contributed by atoms with E-state index in [0.29, 0.717) is 12.0 Å². The number of nitro groups is 2. The summed E-state index contributed by atoms with van der Waals surface area (Å²) in [6.07, 6.45) is -4.51. The first-order valence-corrected chi connectivity index (χ1v) is 9.05. The molecule has 12 heteroatoms. The van der Waals surface area contributed by atoms with Gasteiger partial charge in [0.1, 0.15) is 0 Å². The number of hydrogen-bond donors (Lipinski definition) is 0. The highest BCUT2D eigenvalue weighted by atomic mass is 19.4. The number of benzene rings is 2. The second kappa shape index (κ2) is 8.68. The maximum atomic E-state index is 12.8. The Morgan fingerprint density at radius 1 is 1.10 bits per heavy atom. The Morgan fingerprint density at radius 3 is 2.32 bits per heavy atom. The highest BCUT2D eigenvalue weighted by Crippen LogP contribution is 2.30. The highest BCUT2D eigenvalue weighted by molar-refractivity contribution is 5.95. The summed E-state index contributed by atoms with van der Waals surface area (Å²) >= 11 is 0. The number of nitro benzene ring substituents is 2. The van der Waals surface area contributed by atoms with Gasteiger partial charge in [-0.3, -0.25) is 25.0 Å². The largest absolute Gasteiger partial charge is 0.416 e. The first kappa shape index (κ1) is 22.2. The van der Waals surface area contributed by atoms with E-state index in [9.17, 15) is 38.2 Å². The van der Waals surface area contributed by atoms with Crippen LogP contribution in [0, 0.1) is 20.2 Å². The Hall–Kier alpha value is -3.54. The molecule has 1 amide bonds. The molecule has 2 aromatic carbocycles. The van der Waals surface area contributed by atoms with Gasteiger partial charge in [0, 0.05) is 25.2 Å². The Labute approximate surface area is 173 Å². The quantitative estimate of drug-likeness (QED) is 0.497. The van der Waals surface area contributed by atoms with Crippen LogP contribution in [0.15, 0.2) is 42.5 Å². The molecule has 0 aromatic heterocycles. The summed E-state index contributed by atoms with van der Waals surface area (Å²) in [5.74, 6) is -0.628. The Bertz CT molecular complexity index is 995. The number of hydrogen-bond acceptors (Lipinski definition) is 6. The summed E-state index contributed by atoms with van der Waals surface area (Å²) in [7, 11) is 0.